The van der Waals surface area contributed by atoms with E-state index in [1.165, 1.54) is 0 Å². The number of halogens is 1. The molecule has 0 aliphatic heterocycles. The Hall–Kier alpha value is -1.48. The second-order valence-electron chi connectivity index (χ2n) is 3.97. The summed E-state index contributed by atoms with van der Waals surface area (Å²) in [5.41, 5.74) is 1.70. The molecule has 0 fully saturated rings. The first-order chi connectivity index (χ1) is 8.54. The monoisotopic (exact) mass is 268 g/mol. The summed E-state index contributed by atoms with van der Waals surface area (Å²) < 4.78 is 5.62. The zero-order valence-electron chi connectivity index (χ0n) is 10.6. The number of aliphatic carboxylic acids is 1. The van der Waals surface area contributed by atoms with E-state index < -0.39 is 5.97 Å². The zero-order valence-corrected chi connectivity index (χ0v) is 11.3. The Balaban J connectivity index is 3.00. The Morgan fingerprint density at radius 3 is 2.83 bits per heavy atom. The van der Waals surface area contributed by atoms with E-state index in [1.807, 2.05) is 19.9 Å². The highest BCUT2D eigenvalue weighted by Gasteiger charge is 2.07. The molecule has 0 aliphatic carbocycles. The summed E-state index contributed by atoms with van der Waals surface area (Å²) in [5, 5.41) is 9.28. The van der Waals surface area contributed by atoms with Gasteiger partial charge in [0.2, 0.25) is 0 Å². The van der Waals surface area contributed by atoms with Gasteiger partial charge in [-0.15, -0.1) is 0 Å². The van der Waals surface area contributed by atoms with Gasteiger partial charge in [0.1, 0.15) is 5.75 Å². The van der Waals surface area contributed by atoms with E-state index in [1.54, 1.807) is 18.2 Å². The van der Waals surface area contributed by atoms with Crippen LogP contribution in [0.2, 0.25) is 5.02 Å². The summed E-state index contributed by atoms with van der Waals surface area (Å²) in [5.74, 6) is -0.118. The van der Waals surface area contributed by atoms with Crippen LogP contribution >= 0.6 is 11.6 Å². The van der Waals surface area contributed by atoms with Crippen molar-refractivity contribution < 1.29 is 14.6 Å². The normalized spacial score (nSPS) is 11.4. The lowest BCUT2D eigenvalue weighted by Gasteiger charge is -2.11. The largest absolute Gasteiger partial charge is 0.493 e. The minimum Gasteiger partial charge on any atom is -0.493 e. The lowest BCUT2D eigenvalue weighted by Crippen LogP contribution is -1.98. The van der Waals surface area contributed by atoms with Crippen molar-refractivity contribution in [3.63, 3.8) is 0 Å². The van der Waals surface area contributed by atoms with Crippen LogP contribution in [0, 0.1) is 0 Å². The second-order valence-corrected chi connectivity index (χ2v) is 4.41. The molecule has 0 aromatic heterocycles. The number of carboxylic acids is 1. The van der Waals surface area contributed by atoms with E-state index in [2.05, 4.69) is 0 Å². The van der Waals surface area contributed by atoms with Crippen molar-refractivity contribution in [3.05, 3.63) is 34.9 Å². The van der Waals surface area contributed by atoms with Crippen molar-refractivity contribution in [1.29, 1.82) is 0 Å². The molecule has 0 bridgehead atoms. The third-order valence-corrected chi connectivity index (χ3v) is 2.65. The molecule has 0 unspecified atom stereocenters. The number of carbonyl (C=O) groups is 1. The molecule has 4 heteroatoms. The van der Waals surface area contributed by atoms with Crippen LogP contribution in [-0.2, 0) is 4.79 Å². The summed E-state index contributed by atoms with van der Waals surface area (Å²) in [6.07, 6.45) is 2.57. The van der Waals surface area contributed by atoms with Crippen LogP contribution in [0.15, 0.2) is 24.3 Å². The fourth-order valence-electron chi connectivity index (χ4n) is 1.50. The minimum absolute atomic E-state index is 0.00837. The Labute approximate surface area is 112 Å². The fraction of sp³-hybridized carbons (Fsp3) is 0.357. The van der Waals surface area contributed by atoms with E-state index >= 15 is 0 Å². The molecule has 0 spiro atoms. The number of rotatable bonds is 6. The highest BCUT2D eigenvalue weighted by Crippen LogP contribution is 2.29. The maximum absolute atomic E-state index is 10.6. The molecular formula is C14H17ClO3. The summed E-state index contributed by atoms with van der Waals surface area (Å²) in [6, 6.07) is 5.37. The van der Waals surface area contributed by atoms with Crippen LogP contribution in [0.4, 0.5) is 0 Å². The lowest BCUT2D eigenvalue weighted by atomic mass is 10.1. The summed E-state index contributed by atoms with van der Waals surface area (Å²) in [6.45, 7) is 4.51. The van der Waals surface area contributed by atoms with Gasteiger partial charge >= 0.3 is 5.97 Å². The van der Waals surface area contributed by atoms with Crippen LogP contribution in [0.5, 0.6) is 5.75 Å². The Bertz CT molecular complexity index is 452. The molecule has 1 aromatic rings. The third kappa shape index (κ3) is 4.41. The molecule has 18 heavy (non-hydrogen) atoms. The van der Waals surface area contributed by atoms with Gasteiger partial charge < -0.3 is 9.84 Å². The molecule has 1 N–H and O–H groups in total. The SMILES string of the molecule is CCCOc1ccc(Cl)cc1/C(C)=C/CC(=O)O. The van der Waals surface area contributed by atoms with Crippen molar-refractivity contribution in [1.82, 2.24) is 0 Å². The Morgan fingerprint density at radius 1 is 1.50 bits per heavy atom. The third-order valence-electron chi connectivity index (χ3n) is 2.41. The number of ether oxygens (including phenoxy) is 1. The first-order valence-corrected chi connectivity index (χ1v) is 6.23. The van der Waals surface area contributed by atoms with Crippen molar-refractivity contribution >= 4 is 23.1 Å². The highest BCUT2D eigenvalue weighted by molar-refractivity contribution is 6.30. The van der Waals surface area contributed by atoms with Crippen LogP contribution in [-0.4, -0.2) is 17.7 Å². The zero-order chi connectivity index (χ0) is 13.5. The quantitative estimate of drug-likeness (QED) is 0.848. The molecule has 1 rings (SSSR count). The predicted molar refractivity (Wildman–Crippen MR) is 73.1 cm³/mol. The molecule has 0 radical (unpaired) electrons. The molecule has 0 amide bonds. The maximum Gasteiger partial charge on any atom is 0.307 e. The highest BCUT2D eigenvalue weighted by atomic mass is 35.5. The number of hydrogen-bond donors (Lipinski definition) is 1. The molecule has 3 nitrogen and oxygen atoms in total. The van der Waals surface area contributed by atoms with Gasteiger partial charge in [0.05, 0.1) is 13.0 Å². The first kappa shape index (κ1) is 14.6. The molecule has 0 atom stereocenters. The number of benzene rings is 1. The fourth-order valence-corrected chi connectivity index (χ4v) is 1.67. The summed E-state index contributed by atoms with van der Waals surface area (Å²) in [4.78, 5) is 10.6. The van der Waals surface area contributed by atoms with Crippen LogP contribution in [0.25, 0.3) is 5.57 Å². The van der Waals surface area contributed by atoms with Gasteiger partial charge in [0.15, 0.2) is 0 Å². The van der Waals surface area contributed by atoms with Crippen molar-refractivity contribution in [2.24, 2.45) is 0 Å². The van der Waals surface area contributed by atoms with E-state index in [0.29, 0.717) is 11.6 Å². The van der Waals surface area contributed by atoms with Gasteiger partial charge in [-0.2, -0.15) is 0 Å². The molecule has 98 valence electrons. The molecule has 0 saturated carbocycles. The van der Waals surface area contributed by atoms with Crippen LogP contribution in [0.1, 0.15) is 32.3 Å². The summed E-state index contributed by atoms with van der Waals surface area (Å²) in [7, 11) is 0. The van der Waals surface area contributed by atoms with Gasteiger partial charge in [-0.1, -0.05) is 24.6 Å². The van der Waals surface area contributed by atoms with Crippen LogP contribution < -0.4 is 4.74 Å². The Morgan fingerprint density at radius 2 is 2.22 bits per heavy atom. The van der Waals surface area contributed by atoms with Crippen molar-refractivity contribution in [2.75, 3.05) is 6.61 Å². The number of allylic oxidation sites excluding steroid dienone is 1. The number of carboxylic acid groups (broad SMARTS) is 1. The van der Waals surface area contributed by atoms with Gasteiger partial charge in [0.25, 0.3) is 0 Å². The van der Waals surface area contributed by atoms with Gasteiger partial charge in [0, 0.05) is 10.6 Å². The predicted octanol–water partition coefficient (Wildman–Crippen LogP) is 4.01. The van der Waals surface area contributed by atoms with Crippen molar-refractivity contribution in [3.8, 4) is 5.75 Å². The van der Waals surface area contributed by atoms with Crippen LogP contribution in [0.3, 0.4) is 0 Å². The average molecular weight is 269 g/mol. The summed E-state index contributed by atoms with van der Waals surface area (Å²) >= 11 is 5.96. The van der Waals surface area contributed by atoms with Gasteiger partial charge in [-0.3, -0.25) is 4.79 Å². The van der Waals surface area contributed by atoms with Gasteiger partial charge in [-0.25, -0.2) is 0 Å². The van der Waals surface area contributed by atoms with E-state index in [4.69, 9.17) is 21.4 Å². The van der Waals surface area contributed by atoms with Crippen molar-refractivity contribution in [2.45, 2.75) is 26.7 Å². The molecule has 0 aliphatic rings. The average Bonchev–Trinajstić information content (AvgIpc) is 2.34. The van der Waals surface area contributed by atoms with E-state index in [-0.39, 0.29) is 6.42 Å². The number of hydrogen-bond acceptors (Lipinski definition) is 2. The first-order valence-electron chi connectivity index (χ1n) is 5.86. The topological polar surface area (TPSA) is 46.5 Å². The maximum atomic E-state index is 10.6. The minimum atomic E-state index is -0.854. The lowest BCUT2D eigenvalue weighted by molar-refractivity contribution is -0.135. The molecule has 0 heterocycles. The van der Waals surface area contributed by atoms with Gasteiger partial charge in [-0.05, 0) is 37.1 Å². The standard InChI is InChI=1S/C14H17ClO3/c1-3-8-18-13-6-5-11(15)9-12(13)10(2)4-7-14(16)17/h4-6,9H,3,7-8H2,1-2H3,(H,16,17)/b10-4+. The van der Waals surface area contributed by atoms with E-state index in [0.717, 1.165) is 23.3 Å². The molecule has 1 aromatic carbocycles. The Kier molecular flexibility index (Phi) is 5.72. The smallest absolute Gasteiger partial charge is 0.307 e. The second kappa shape index (κ2) is 7.07. The van der Waals surface area contributed by atoms with E-state index in [9.17, 15) is 4.79 Å². The molecular weight excluding hydrogens is 252 g/mol. The molecule has 0 saturated heterocycles.